The first-order chi connectivity index (χ1) is 9.52. The molecule has 0 aliphatic heterocycles. The minimum absolute atomic E-state index is 0.179. The molecule has 4 heteroatoms. The number of hydrogen-bond donors (Lipinski definition) is 1. The second-order valence-electron chi connectivity index (χ2n) is 5.16. The highest BCUT2D eigenvalue weighted by Crippen LogP contribution is 2.21. The van der Waals surface area contributed by atoms with E-state index in [2.05, 4.69) is 37.3 Å². The van der Waals surface area contributed by atoms with E-state index >= 15 is 0 Å². The summed E-state index contributed by atoms with van der Waals surface area (Å²) in [5.41, 5.74) is 4.19. The second kappa shape index (κ2) is 5.89. The molecule has 1 heterocycles. The van der Waals surface area contributed by atoms with E-state index in [-0.39, 0.29) is 12.1 Å². The van der Waals surface area contributed by atoms with Gasteiger partial charge in [-0.15, -0.1) is 0 Å². The Kier molecular flexibility index (Phi) is 4.21. The highest BCUT2D eigenvalue weighted by molar-refractivity contribution is 5.34. The first-order valence-electron chi connectivity index (χ1n) is 6.77. The summed E-state index contributed by atoms with van der Waals surface area (Å²) in [6, 6.07) is 10.3. The molecule has 0 saturated carbocycles. The van der Waals surface area contributed by atoms with E-state index in [0.717, 1.165) is 5.56 Å². The number of nitriles is 1. The molecular formula is C16H20N4. The molecule has 0 fully saturated rings. The quantitative estimate of drug-likeness (QED) is 0.927. The van der Waals surface area contributed by atoms with Crippen LogP contribution in [0.1, 0.15) is 48.3 Å². The Balaban J connectivity index is 2.13. The lowest BCUT2D eigenvalue weighted by atomic mass is 10.0. The third-order valence-electron chi connectivity index (χ3n) is 3.76. The van der Waals surface area contributed by atoms with Crippen LogP contribution in [0.4, 0.5) is 0 Å². The van der Waals surface area contributed by atoms with Crippen molar-refractivity contribution < 1.29 is 0 Å². The summed E-state index contributed by atoms with van der Waals surface area (Å²) in [6.07, 6.45) is 1.91. The largest absolute Gasteiger partial charge is 0.304 e. The van der Waals surface area contributed by atoms with Gasteiger partial charge in [-0.3, -0.25) is 4.68 Å². The number of aryl methyl sites for hydroxylation is 1. The van der Waals surface area contributed by atoms with E-state index in [4.69, 9.17) is 5.26 Å². The van der Waals surface area contributed by atoms with Gasteiger partial charge in [0.15, 0.2) is 0 Å². The third-order valence-corrected chi connectivity index (χ3v) is 3.76. The number of nitrogens with zero attached hydrogens (tertiary/aromatic N) is 3. The van der Waals surface area contributed by atoms with Crippen LogP contribution in [0.15, 0.2) is 30.5 Å². The molecule has 0 bridgehead atoms. The van der Waals surface area contributed by atoms with Crippen molar-refractivity contribution in [2.45, 2.75) is 32.9 Å². The zero-order valence-electron chi connectivity index (χ0n) is 12.4. The van der Waals surface area contributed by atoms with Crippen LogP contribution >= 0.6 is 0 Å². The lowest BCUT2D eigenvalue weighted by molar-refractivity contribution is 0.492. The van der Waals surface area contributed by atoms with Gasteiger partial charge in [0, 0.05) is 30.4 Å². The fourth-order valence-electron chi connectivity index (χ4n) is 2.38. The number of aromatic nitrogens is 2. The van der Waals surface area contributed by atoms with Gasteiger partial charge in [-0.1, -0.05) is 12.1 Å². The zero-order chi connectivity index (χ0) is 14.7. The van der Waals surface area contributed by atoms with Gasteiger partial charge in [0.25, 0.3) is 0 Å². The molecule has 1 aromatic heterocycles. The second-order valence-corrected chi connectivity index (χ2v) is 5.16. The summed E-state index contributed by atoms with van der Waals surface area (Å²) in [6.45, 7) is 6.31. The van der Waals surface area contributed by atoms with Crippen LogP contribution in [0, 0.1) is 18.3 Å². The molecule has 0 saturated heterocycles. The van der Waals surface area contributed by atoms with Crippen molar-refractivity contribution in [2.75, 3.05) is 0 Å². The molecule has 0 radical (unpaired) electrons. The van der Waals surface area contributed by atoms with Crippen molar-refractivity contribution in [3.05, 3.63) is 52.8 Å². The highest BCUT2D eigenvalue weighted by atomic mass is 15.3. The predicted octanol–water partition coefficient (Wildman–Crippen LogP) is 3.01. The van der Waals surface area contributed by atoms with Crippen LogP contribution in [0.25, 0.3) is 0 Å². The number of benzene rings is 1. The Morgan fingerprint density at radius 1 is 1.30 bits per heavy atom. The van der Waals surface area contributed by atoms with Gasteiger partial charge in [-0.05, 0) is 38.5 Å². The van der Waals surface area contributed by atoms with Crippen LogP contribution in [0.5, 0.6) is 0 Å². The molecule has 0 amide bonds. The van der Waals surface area contributed by atoms with Gasteiger partial charge in [-0.2, -0.15) is 10.4 Å². The summed E-state index contributed by atoms with van der Waals surface area (Å²) >= 11 is 0. The predicted molar refractivity (Wildman–Crippen MR) is 79.1 cm³/mol. The Labute approximate surface area is 120 Å². The maximum atomic E-state index is 8.96. The zero-order valence-corrected chi connectivity index (χ0v) is 12.4. The first kappa shape index (κ1) is 14.3. The minimum Gasteiger partial charge on any atom is -0.304 e. The molecule has 20 heavy (non-hydrogen) atoms. The molecule has 1 N–H and O–H groups in total. The summed E-state index contributed by atoms with van der Waals surface area (Å²) in [4.78, 5) is 0. The van der Waals surface area contributed by atoms with E-state index in [1.807, 2.05) is 42.2 Å². The molecule has 0 aliphatic rings. The van der Waals surface area contributed by atoms with Crippen LogP contribution in [0.3, 0.4) is 0 Å². The van der Waals surface area contributed by atoms with Crippen molar-refractivity contribution in [1.82, 2.24) is 15.1 Å². The summed E-state index contributed by atoms with van der Waals surface area (Å²) in [5, 5.41) is 16.8. The summed E-state index contributed by atoms with van der Waals surface area (Å²) < 4.78 is 1.88. The Morgan fingerprint density at radius 3 is 2.65 bits per heavy atom. The van der Waals surface area contributed by atoms with Crippen molar-refractivity contribution >= 4 is 0 Å². The smallest absolute Gasteiger partial charge is 0.0991 e. The first-order valence-corrected chi connectivity index (χ1v) is 6.77. The van der Waals surface area contributed by atoms with Gasteiger partial charge in [0.2, 0.25) is 0 Å². The summed E-state index contributed by atoms with van der Waals surface area (Å²) in [7, 11) is 1.95. The van der Waals surface area contributed by atoms with Crippen molar-refractivity contribution in [3.8, 4) is 6.07 Å². The van der Waals surface area contributed by atoms with E-state index in [1.165, 1.54) is 11.3 Å². The lowest BCUT2D eigenvalue weighted by Gasteiger charge is -2.20. The molecular weight excluding hydrogens is 248 g/mol. The topological polar surface area (TPSA) is 53.6 Å². The van der Waals surface area contributed by atoms with E-state index in [9.17, 15) is 0 Å². The maximum absolute atomic E-state index is 8.96. The van der Waals surface area contributed by atoms with Crippen molar-refractivity contribution in [2.24, 2.45) is 7.05 Å². The Bertz CT molecular complexity index is 636. The van der Waals surface area contributed by atoms with Crippen LogP contribution < -0.4 is 5.32 Å². The number of rotatable bonds is 4. The molecule has 1 aromatic carbocycles. The number of hydrogen-bond acceptors (Lipinski definition) is 3. The fraction of sp³-hybridized carbons (Fsp3) is 0.375. The maximum Gasteiger partial charge on any atom is 0.0991 e. The Morgan fingerprint density at radius 2 is 2.05 bits per heavy atom. The van der Waals surface area contributed by atoms with Gasteiger partial charge < -0.3 is 5.32 Å². The monoisotopic (exact) mass is 268 g/mol. The summed E-state index contributed by atoms with van der Waals surface area (Å²) in [5.74, 6) is 0. The highest BCUT2D eigenvalue weighted by Gasteiger charge is 2.15. The molecule has 2 rings (SSSR count). The van der Waals surface area contributed by atoms with Gasteiger partial charge in [0.05, 0.1) is 17.8 Å². The van der Waals surface area contributed by atoms with E-state index in [1.54, 1.807) is 0 Å². The standard InChI is InChI=1S/C16H20N4/c1-11(15-7-5-6-14(8-15)9-17)19-12(2)16-10-18-20(4)13(16)3/h5-8,10-12,19H,1-4H3. The SMILES string of the molecule is Cc1c(C(C)NC(C)c2cccc(C#N)c2)cnn1C. The van der Waals surface area contributed by atoms with Gasteiger partial charge in [0.1, 0.15) is 0 Å². The van der Waals surface area contributed by atoms with E-state index < -0.39 is 0 Å². The average molecular weight is 268 g/mol. The molecule has 2 atom stereocenters. The molecule has 0 aliphatic carbocycles. The van der Waals surface area contributed by atoms with Gasteiger partial charge in [-0.25, -0.2) is 0 Å². The Hall–Kier alpha value is -2.12. The average Bonchev–Trinajstić information content (AvgIpc) is 2.79. The van der Waals surface area contributed by atoms with Crippen LogP contribution in [-0.2, 0) is 7.05 Å². The van der Waals surface area contributed by atoms with Crippen LogP contribution in [-0.4, -0.2) is 9.78 Å². The molecule has 2 unspecified atom stereocenters. The third kappa shape index (κ3) is 2.89. The van der Waals surface area contributed by atoms with Crippen molar-refractivity contribution in [1.29, 1.82) is 5.26 Å². The minimum atomic E-state index is 0.179. The molecule has 0 spiro atoms. The van der Waals surface area contributed by atoms with Crippen LogP contribution in [0.2, 0.25) is 0 Å². The normalized spacial score (nSPS) is 13.8. The molecule has 2 aromatic rings. The fourth-order valence-corrected chi connectivity index (χ4v) is 2.38. The molecule has 104 valence electrons. The van der Waals surface area contributed by atoms with Gasteiger partial charge >= 0.3 is 0 Å². The lowest BCUT2D eigenvalue weighted by Crippen LogP contribution is -2.23. The van der Waals surface area contributed by atoms with Crippen molar-refractivity contribution in [3.63, 3.8) is 0 Å². The molecule has 4 nitrogen and oxygen atoms in total. The number of nitrogens with one attached hydrogen (secondary N) is 1. The van der Waals surface area contributed by atoms with E-state index in [0.29, 0.717) is 5.56 Å².